The molecule has 7 nitrogen and oxygen atoms in total. The number of thiocarbonyl (C=S) groups is 1. The normalized spacial score (nSPS) is 11.5. The lowest BCUT2D eigenvalue weighted by Crippen LogP contribution is -2.40. The minimum Gasteiger partial charge on any atom is -0.867 e. The van der Waals surface area contributed by atoms with Gasteiger partial charge in [0.15, 0.2) is 17.4 Å². The number of nitrogens with one attached hydrogen (secondary N) is 1. The molecule has 0 bridgehead atoms. The lowest BCUT2D eigenvalue weighted by atomic mass is 10.1. The van der Waals surface area contributed by atoms with Crippen LogP contribution in [0.1, 0.15) is 11.1 Å². The first-order valence-electron chi connectivity index (χ1n) is 8.63. The van der Waals surface area contributed by atoms with Gasteiger partial charge < -0.3 is 15.5 Å². The van der Waals surface area contributed by atoms with Crippen LogP contribution in [-0.4, -0.2) is 15.0 Å². The Morgan fingerprint density at radius 1 is 1.07 bits per heavy atom. The number of para-hydroxylation sites is 1. The van der Waals surface area contributed by atoms with Crippen molar-refractivity contribution in [3.8, 4) is 0 Å². The molecule has 1 heterocycles. The minimum atomic E-state index is -0.528. The first kappa shape index (κ1) is 20.1. The van der Waals surface area contributed by atoms with Crippen LogP contribution in [0.15, 0.2) is 79.1 Å². The van der Waals surface area contributed by atoms with E-state index in [1.165, 1.54) is 28.8 Å². The average Bonchev–Trinajstić information content (AvgIpc) is 2.74. The summed E-state index contributed by atoms with van der Waals surface area (Å²) in [7, 11) is 0. The van der Waals surface area contributed by atoms with Gasteiger partial charge in [0, 0.05) is 29.4 Å². The Labute approximate surface area is 172 Å². The summed E-state index contributed by atoms with van der Waals surface area (Å²) in [6.45, 7) is -0.196. The largest absolute Gasteiger partial charge is 0.867 e. The van der Waals surface area contributed by atoms with E-state index in [1.54, 1.807) is 24.5 Å². The average molecular weight is 407 g/mol. The summed E-state index contributed by atoms with van der Waals surface area (Å²) in [6, 6.07) is 17.9. The number of aromatic nitrogens is 1. The number of anilines is 1. The van der Waals surface area contributed by atoms with Gasteiger partial charge in [0.2, 0.25) is 5.70 Å². The molecule has 8 heteroatoms. The molecule has 0 radical (unpaired) electrons. The zero-order valence-corrected chi connectivity index (χ0v) is 16.0. The van der Waals surface area contributed by atoms with Crippen LogP contribution in [0.4, 0.5) is 11.4 Å². The number of aliphatic hydroxyl groups is 1. The molecule has 2 N–H and O–H groups in total. The van der Waals surface area contributed by atoms with Crippen LogP contribution in [0.25, 0.3) is 11.5 Å². The van der Waals surface area contributed by atoms with Crippen molar-refractivity contribution < 1.29 is 19.7 Å². The highest BCUT2D eigenvalue weighted by molar-refractivity contribution is 7.81. The van der Waals surface area contributed by atoms with Crippen molar-refractivity contribution in [1.29, 1.82) is 0 Å². The van der Waals surface area contributed by atoms with Gasteiger partial charge in [-0.3, -0.25) is 10.1 Å². The van der Waals surface area contributed by atoms with E-state index in [9.17, 15) is 20.3 Å². The van der Waals surface area contributed by atoms with E-state index in [0.29, 0.717) is 11.3 Å². The van der Waals surface area contributed by atoms with Crippen LogP contribution < -0.4 is 15.0 Å². The molecule has 3 aromatic rings. The van der Waals surface area contributed by atoms with E-state index < -0.39 is 10.7 Å². The summed E-state index contributed by atoms with van der Waals surface area (Å²) in [5, 5.41) is 36.6. The summed E-state index contributed by atoms with van der Waals surface area (Å²) < 4.78 is 1.54. The number of rotatable bonds is 6. The van der Waals surface area contributed by atoms with Crippen LogP contribution in [-0.2, 0) is 6.61 Å². The minimum absolute atomic E-state index is 0.108. The standard InChI is InChI=1S/C21H17N3O4S/c25-14-15-5-4-12-23(13-15)19(21(29)22-17-6-2-1-3-7-17)20(26)16-8-10-18(11-9-16)24(27)28/h1-13,25H,14H2,(H-,22,26,29). The Kier molecular flexibility index (Phi) is 6.28. The molecule has 1 aromatic heterocycles. The fourth-order valence-corrected chi connectivity index (χ4v) is 2.99. The molecule has 0 amide bonds. The molecule has 0 aliphatic heterocycles. The maximum absolute atomic E-state index is 13.2. The Morgan fingerprint density at radius 2 is 1.76 bits per heavy atom. The van der Waals surface area contributed by atoms with Gasteiger partial charge in [-0.05, 0) is 41.7 Å². The summed E-state index contributed by atoms with van der Waals surface area (Å²) in [5.74, 6) is -0.409. The Hall–Kier alpha value is -3.62. The van der Waals surface area contributed by atoms with Crippen molar-refractivity contribution in [2.45, 2.75) is 6.61 Å². The number of nitro benzene ring substituents is 1. The highest BCUT2D eigenvalue weighted by atomic mass is 32.1. The molecule has 0 aliphatic carbocycles. The third-order valence-corrected chi connectivity index (χ3v) is 4.40. The van der Waals surface area contributed by atoms with Crippen LogP contribution in [0.2, 0.25) is 0 Å². The van der Waals surface area contributed by atoms with Crippen LogP contribution in [0.3, 0.4) is 0 Å². The van der Waals surface area contributed by atoms with Gasteiger partial charge in [-0.25, -0.2) is 0 Å². The van der Waals surface area contributed by atoms with E-state index in [2.05, 4.69) is 5.32 Å². The van der Waals surface area contributed by atoms with Crippen LogP contribution in [0, 0.1) is 10.1 Å². The quantitative estimate of drug-likeness (QED) is 0.163. The highest BCUT2D eigenvalue weighted by Gasteiger charge is 2.20. The number of nitrogens with zero attached hydrogens (tertiary/aromatic N) is 2. The first-order valence-corrected chi connectivity index (χ1v) is 9.04. The van der Waals surface area contributed by atoms with Gasteiger partial charge in [-0.2, -0.15) is 4.57 Å². The molecule has 0 fully saturated rings. The van der Waals surface area contributed by atoms with Crippen molar-refractivity contribution in [3.05, 3.63) is 100 Å². The summed E-state index contributed by atoms with van der Waals surface area (Å²) in [5.41, 5.74) is 1.62. The maximum Gasteiger partial charge on any atom is 0.269 e. The second kappa shape index (κ2) is 9.05. The molecule has 0 spiro atoms. The first-order chi connectivity index (χ1) is 14.0. The van der Waals surface area contributed by atoms with Crippen LogP contribution in [0.5, 0.6) is 0 Å². The molecule has 0 atom stereocenters. The van der Waals surface area contributed by atoms with Gasteiger partial charge in [0.25, 0.3) is 5.69 Å². The fourth-order valence-electron chi connectivity index (χ4n) is 2.68. The number of benzene rings is 2. The molecule has 146 valence electrons. The summed E-state index contributed by atoms with van der Waals surface area (Å²) in [4.78, 5) is 10.5. The van der Waals surface area contributed by atoms with Gasteiger partial charge in [0.1, 0.15) is 0 Å². The Balaban J connectivity index is 2.08. The highest BCUT2D eigenvalue weighted by Crippen LogP contribution is 2.20. The number of hydrogen-bond donors (Lipinski definition) is 2. The molecule has 0 saturated carbocycles. The van der Waals surface area contributed by atoms with E-state index in [0.717, 1.165) is 0 Å². The maximum atomic E-state index is 13.2. The van der Waals surface area contributed by atoms with Gasteiger partial charge in [0.05, 0.1) is 11.5 Å². The molecule has 0 unspecified atom stereocenters. The Morgan fingerprint density at radius 3 is 2.38 bits per heavy atom. The van der Waals surface area contributed by atoms with Crippen LogP contribution >= 0.6 is 12.2 Å². The Bertz CT molecular complexity index is 1070. The van der Waals surface area contributed by atoms with Crippen molar-refractivity contribution in [2.24, 2.45) is 0 Å². The number of nitro groups is 1. The topological polar surface area (TPSA) is 102 Å². The molecular weight excluding hydrogens is 390 g/mol. The monoisotopic (exact) mass is 407 g/mol. The van der Waals surface area contributed by atoms with Gasteiger partial charge >= 0.3 is 0 Å². The predicted octanol–water partition coefficient (Wildman–Crippen LogP) is 2.50. The SMILES string of the molecule is O=[N+]([O-])c1ccc(C([O-])=C(C(=S)Nc2ccccc2)[n+]2cccc(CO)c2)cc1. The van der Waals surface area contributed by atoms with E-state index >= 15 is 0 Å². The molecule has 3 rings (SSSR count). The summed E-state index contributed by atoms with van der Waals surface area (Å²) in [6.07, 6.45) is 3.26. The molecule has 0 saturated heterocycles. The number of pyridine rings is 1. The number of non-ortho nitro benzene ring substituents is 1. The van der Waals surface area contributed by atoms with Gasteiger partial charge in [-0.15, -0.1) is 0 Å². The van der Waals surface area contributed by atoms with Crippen molar-refractivity contribution in [3.63, 3.8) is 0 Å². The van der Waals surface area contributed by atoms with Crippen molar-refractivity contribution in [1.82, 2.24) is 0 Å². The summed E-state index contributed by atoms with van der Waals surface area (Å²) >= 11 is 5.50. The number of aliphatic hydroxyl groups excluding tert-OH is 1. The van der Waals surface area contributed by atoms with Gasteiger partial charge in [-0.1, -0.05) is 30.4 Å². The van der Waals surface area contributed by atoms with Crippen molar-refractivity contribution >= 4 is 40.0 Å². The fraction of sp³-hybridized carbons (Fsp3) is 0.0476. The van der Waals surface area contributed by atoms with E-state index in [-0.39, 0.29) is 28.5 Å². The lowest BCUT2D eigenvalue weighted by molar-refractivity contribution is -0.578. The zero-order chi connectivity index (χ0) is 20.8. The molecular formula is C21H17N3O4S. The molecule has 29 heavy (non-hydrogen) atoms. The molecule has 0 aliphatic rings. The second-order valence-electron chi connectivity index (χ2n) is 6.08. The predicted molar refractivity (Wildman–Crippen MR) is 111 cm³/mol. The molecule has 2 aromatic carbocycles. The van der Waals surface area contributed by atoms with Crippen molar-refractivity contribution in [2.75, 3.05) is 5.32 Å². The number of hydrogen-bond acceptors (Lipinski definition) is 5. The zero-order valence-electron chi connectivity index (χ0n) is 15.2. The van der Waals surface area contributed by atoms with E-state index in [1.807, 2.05) is 30.3 Å². The smallest absolute Gasteiger partial charge is 0.269 e. The van der Waals surface area contributed by atoms with E-state index in [4.69, 9.17) is 12.2 Å². The third kappa shape index (κ3) is 4.81. The third-order valence-electron chi connectivity index (χ3n) is 4.10. The lowest BCUT2D eigenvalue weighted by Gasteiger charge is -2.17. The second-order valence-corrected chi connectivity index (χ2v) is 6.49.